The third-order valence-electron chi connectivity index (χ3n) is 3.88. The highest BCUT2D eigenvalue weighted by molar-refractivity contribution is 5.98. The zero-order valence-corrected chi connectivity index (χ0v) is 14.1. The molecule has 0 radical (unpaired) electrons. The topological polar surface area (TPSA) is 97.7 Å². The van der Waals surface area contributed by atoms with Gasteiger partial charge in [0.1, 0.15) is 17.1 Å². The Kier molecular flexibility index (Phi) is 4.27. The van der Waals surface area contributed by atoms with Gasteiger partial charge in [0, 0.05) is 18.0 Å². The van der Waals surface area contributed by atoms with E-state index in [1.165, 1.54) is 12.1 Å². The number of carbonyl (C=O) groups is 1. The zero-order valence-electron chi connectivity index (χ0n) is 14.1. The van der Waals surface area contributed by atoms with E-state index in [1.54, 1.807) is 16.8 Å². The van der Waals surface area contributed by atoms with Crippen LogP contribution in [0.1, 0.15) is 24.2 Å². The lowest BCUT2D eigenvalue weighted by atomic mass is 10.1. The second-order valence-electron chi connectivity index (χ2n) is 6.32. The van der Waals surface area contributed by atoms with Crippen LogP contribution in [0.5, 0.6) is 11.5 Å². The van der Waals surface area contributed by atoms with Crippen LogP contribution in [-0.4, -0.2) is 27.4 Å². The molecule has 0 aliphatic rings. The van der Waals surface area contributed by atoms with Gasteiger partial charge in [-0.3, -0.25) is 0 Å². The number of carboxylic acids is 1. The molecule has 0 saturated heterocycles. The lowest BCUT2D eigenvalue weighted by Crippen LogP contribution is -2.04. The number of nitrogen functional groups attached to an aromatic ring is 1. The zero-order chi connectivity index (χ0) is 18.1. The standard InChI is InChI=1S/C19H20N2O4/c1-11(2)10-25-17-5-3-4-15-18(17)14(20)9-21(15)12-6-7-13(19(23)24)16(22)8-12/h3-9,11,22H,10,20H2,1-2H3,(H,23,24). The van der Waals surface area contributed by atoms with Crippen molar-refractivity contribution in [2.45, 2.75) is 13.8 Å². The molecular weight excluding hydrogens is 320 g/mol. The first-order valence-electron chi connectivity index (χ1n) is 7.97. The molecule has 0 amide bonds. The lowest BCUT2D eigenvalue weighted by molar-refractivity contribution is 0.0694. The summed E-state index contributed by atoms with van der Waals surface area (Å²) in [5.41, 5.74) is 8.02. The number of carboxylic acid groups (broad SMARTS) is 1. The molecule has 25 heavy (non-hydrogen) atoms. The number of rotatable bonds is 5. The van der Waals surface area contributed by atoms with Crippen LogP contribution in [0.25, 0.3) is 16.6 Å². The second kappa shape index (κ2) is 6.39. The summed E-state index contributed by atoms with van der Waals surface area (Å²) in [4.78, 5) is 11.1. The molecule has 6 nitrogen and oxygen atoms in total. The van der Waals surface area contributed by atoms with Gasteiger partial charge in [0.2, 0.25) is 0 Å². The van der Waals surface area contributed by atoms with E-state index in [9.17, 15) is 9.90 Å². The maximum Gasteiger partial charge on any atom is 0.339 e. The van der Waals surface area contributed by atoms with Gasteiger partial charge in [-0.05, 0) is 30.2 Å². The summed E-state index contributed by atoms with van der Waals surface area (Å²) in [6, 6.07) is 10.0. The van der Waals surface area contributed by atoms with E-state index < -0.39 is 5.97 Å². The van der Waals surface area contributed by atoms with Crippen molar-refractivity contribution >= 4 is 22.6 Å². The van der Waals surface area contributed by atoms with Crippen molar-refractivity contribution < 1.29 is 19.7 Å². The number of aromatic carboxylic acids is 1. The number of benzene rings is 2. The number of nitrogens with two attached hydrogens (primary N) is 1. The molecule has 0 fully saturated rings. The normalized spacial score (nSPS) is 11.2. The van der Waals surface area contributed by atoms with Crippen molar-refractivity contribution in [3.8, 4) is 17.2 Å². The van der Waals surface area contributed by atoms with Crippen LogP contribution in [0.4, 0.5) is 5.69 Å². The van der Waals surface area contributed by atoms with Gasteiger partial charge in [0.15, 0.2) is 0 Å². The van der Waals surface area contributed by atoms with Crippen LogP contribution in [0.2, 0.25) is 0 Å². The van der Waals surface area contributed by atoms with Crippen molar-refractivity contribution in [1.29, 1.82) is 0 Å². The number of anilines is 1. The minimum absolute atomic E-state index is 0.144. The van der Waals surface area contributed by atoms with E-state index >= 15 is 0 Å². The average Bonchev–Trinajstić information content (AvgIpc) is 2.90. The van der Waals surface area contributed by atoms with Gasteiger partial charge in [-0.25, -0.2) is 4.79 Å². The molecule has 0 aliphatic carbocycles. The summed E-state index contributed by atoms with van der Waals surface area (Å²) >= 11 is 0. The summed E-state index contributed by atoms with van der Waals surface area (Å²) in [7, 11) is 0. The second-order valence-corrected chi connectivity index (χ2v) is 6.32. The molecule has 0 bridgehead atoms. The van der Waals surface area contributed by atoms with E-state index in [2.05, 4.69) is 13.8 Å². The summed E-state index contributed by atoms with van der Waals surface area (Å²) in [5.74, 6) is -0.379. The smallest absolute Gasteiger partial charge is 0.339 e. The van der Waals surface area contributed by atoms with Crippen LogP contribution in [0.3, 0.4) is 0 Å². The molecule has 0 saturated carbocycles. The molecule has 130 valence electrons. The lowest BCUT2D eigenvalue weighted by Gasteiger charge is -2.11. The summed E-state index contributed by atoms with van der Waals surface area (Å²) in [5, 5.41) is 19.8. The molecular formula is C19H20N2O4. The number of ether oxygens (including phenoxy) is 1. The first-order chi connectivity index (χ1) is 11.9. The Bertz CT molecular complexity index is 944. The van der Waals surface area contributed by atoms with Gasteiger partial charge in [-0.15, -0.1) is 0 Å². The molecule has 0 unspecified atom stereocenters. The molecule has 0 aliphatic heterocycles. The highest BCUT2D eigenvalue weighted by Gasteiger charge is 2.15. The van der Waals surface area contributed by atoms with Crippen molar-refractivity contribution in [1.82, 2.24) is 4.57 Å². The number of hydrogen-bond donors (Lipinski definition) is 3. The van der Waals surface area contributed by atoms with E-state index in [1.807, 2.05) is 18.2 Å². The van der Waals surface area contributed by atoms with Crippen LogP contribution >= 0.6 is 0 Å². The fraction of sp³-hybridized carbons (Fsp3) is 0.211. The minimum Gasteiger partial charge on any atom is -0.507 e. The Hall–Kier alpha value is -3.15. The number of nitrogens with zero attached hydrogens (tertiary/aromatic N) is 1. The molecule has 3 aromatic rings. The number of aromatic nitrogens is 1. The Morgan fingerprint density at radius 1 is 1.28 bits per heavy atom. The summed E-state index contributed by atoms with van der Waals surface area (Å²) < 4.78 is 7.67. The predicted molar refractivity (Wildman–Crippen MR) is 96.6 cm³/mol. The van der Waals surface area contributed by atoms with Gasteiger partial charge in [-0.2, -0.15) is 0 Å². The molecule has 4 N–H and O–H groups in total. The molecule has 1 heterocycles. The van der Waals surface area contributed by atoms with Crippen molar-refractivity contribution in [2.24, 2.45) is 5.92 Å². The van der Waals surface area contributed by atoms with Crippen LogP contribution in [-0.2, 0) is 0 Å². The molecule has 0 atom stereocenters. The third-order valence-corrected chi connectivity index (χ3v) is 3.88. The molecule has 0 spiro atoms. The van der Waals surface area contributed by atoms with Gasteiger partial charge in [0.05, 0.1) is 23.2 Å². The average molecular weight is 340 g/mol. The molecule has 2 aromatic carbocycles. The van der Waals surface area contributed by atoms with E-state index in [0.717, 1.165) is 10.9 Å². The van der Waals surface area contributed by atoms with E-state index in [0.29, 0.717) is 29.6 Å². The number of hydrogen-bond acceptors (Lipinski definition) is 4. The largest absolute Gasteiger partial charge is 0.507 e. The first kappa shape index (κ1) is 16.7. The quantitative estimate of drug-likeness (QED) is 0.658. The fourth-order valence-electron chi connectivity index (χ4n) is 2.72. The minimum atomic E-state index is -1.18. The van der Waals surface area contributed by atoms with Gasteiger partial charge in [0.25, 0.3) is 0 Å². The molecule has 6 heteroatoms. The van der Waals surface area contributed by atoms with Crippen molar-refractivity contribution in [3.05, 3.63) is 48.2 Å². The Labute approximate surface area is 145 Å². The maximum atomic E-state index is 11.1. The highest BCUT2D eigenvalue weighted by Crippen LogP contribution is 2.35. The van der Waals surface area contributed by atoms with Crippen LogP contribution < -0.4 is 10.5 Å². The SMILES string of the molecule is CC(C)COc1cccc2c1c(N)cn2-c1ccc(C(=O)O)c(O)c1. The predicted octanol–water partition coefficient (Wildman–Crippen LogP) is 3.65. The van der Waals surface area contributed by atoms with Crippen molar-refractivity contribution in [2.75, 3.05) is 12.3 Å². The summed E-state index contributed by atoms with van der Waals surface area (Å²) in [6.45, 7) is 4.72. The fourth-order valence-corrected chi connectivity index (χ4v) is 2.72. The van der Waals surface area contributed by atoms with E-state index in [4.69, 9.17) is 15.6 Å². The van der Waals surface area contributed by atoms with Gasteiger partial charge < -0.3 is 25.3 Å². The Balaban J connectivity index is 2.11. The highest BCUT2D eigenvalue weighted by atomic mass is 16.5. The van der Waals surface area contributed by atoms with Gasteiger partial charge in [-0.1, -0.05) is 19.9 Å². The van der Waals surface area contributed by atoms with E-state index in [-0.39, 0.29) is 11.3 Å². The Morgan fingerprint density at radius 2 is 2.04 bits per heavy atom. The molecule has 3 rings (SSSR count). The maximum absolute atomic E-state index is 11.1. The number of fused-ring (bicyclic) bond motifs is 1. The molecule has 1 aromatic heterocycles. The van der Waals surface area contributed by atoms with Gasteiger partial charge >= 0.3 is 5.97 Å². The number of aromatic hydroxyl groups is 1. The third kappa shape index (κ3) is 3.10. The van der Waals surface area contributed by atoms with Crippen molar-refractivity contribution in [3.63, 3.8) is 0 Å². The number of phenols is 1. The monoisotopic (exact) mass is 340 g/mol. The van der Waals surface area contributed by atoms with Crippen LogP contribution in [0.15, 0.2) is 42.6 Å². The first-order valence-corrected chi connectivity index (χ1v) is 7.97. The summed E-state index contributed by atoms with van der Waals surface area (Å²) in [6.07, 6.45) is 1.74. The Morgan fingerprint density at radius 3 is 2.68 bits per heavy atom. The van der Waals surface area contributed by atoms with Crippen LogP contribution in [0, 0.1) is 5.92 Å².